The Morgan fingerprint density at radius 2 is 1.71 bits per heavy atom. The molecular weight excluding hydrogens is 400 g/mol. The average molecular weight is 428 g/mol. The SMILES string of the molecule is CCCOc1ccc(C(=O)NNC(=O)c2ccc(OCC3CCCO3)cc2)cc1OC. The number of hydrogen-bond acceptors (Lipinski definition) is 6. The molecule has 8 nitrogen and oxygen atoms in total. The molecule has 1 unspecified atom stereocenters. The van der Waals surface area contributed by atoms with Crippen molar-refractivity contribution in [2.75, 3.05) is 26.9 Å². The van der Waals surface area contributed by atoms with Gasteiger partial charge in [0.1, 0.15) is 12.4 Å². The van der Waals surface area contributed by atoms with Gasteiger partial charge in [0.05, 0.1) is 19.8 Å². The first-order valence-corrected chi connectivity index (χ1v) is 10.4. The predicted octanol–water partition coefficient (Wildman–Crippen LogP) is 3.12. The molecule has 2 aromatic rings. The number of nitrogens with one attached hydrogen (secondary N) is 2. The van der Waals surface area contributed by atoms with Crippen LogP contribution in [0, 0.1) is 0 Å². The second-order valence-electron chi connectivity index (χ2n) is 7.09. The minimum Gasteiger partial charge on any atom is -0.493 e. The lowest BCUT2D eigenvalue weighted by Gasteiger charge is -2.13. The summed E-state index contributed by atoms with van der Waals surface area (Å²) in [6.07, 6.45) is 3.05. The van der Waals surface area contributed by atoms with E-state index in [0.29, 0.717) is 41.6 Å². The summed E-state index contributed by atoms with van der Waals surface area (Å²) < 4.78 is 22.1. The van der Waals surface area contributed by atoms with Gasteiger partial charge in [0.25, 0.3) is 11.8 Å². The number of benzene rings is 2. The van der Waals surface area contributed by atoms with Gasteiger partial charge < -0.3 is 18.9 Å². The molecule has 1 aliphatic heterocycles. The fourth-order valence-corrected chi connectivity index (χ4v) is 3.07. The van der Waals surface area contributed by atoms with E-state index in [9.17, 15) is 9.59 Å². The summed E-state index contributed by atoms with van der Waals surface area (Å²) in [4.78, 5) is 24.7. The Morgan fingerprint density at radius 1 is 1.00 bits per heavy atom. The maximum absolute atomic E-state index is 12.4. The third kappa shape index (κ3) is 6.36. The zero-order valence-corrected chi connectivity index (χ0v) is 17.8. The van der Waals surface area contributed by atoms with E-state index in [2.05, 4.69) is 10.9 Å². The van der Waals surface area contributed by atoms with E-state index in [1.54, 1.807) is 42.5 Å². The van der Waals surface area contributed by atoms with Crippen LogP contribution in [0.3, 0.4) is 0 Å². The Labute approximate surface area is 181 Å². The first-order chi connectivity index (χ1) is 15.1. The molecule has 0 aromatic heterocycles. The molecule has 0 spiro atoms. The van der Waals surface area contributed by atoms with E-state index in [1.807, 2.05) is 6.92 Å². The number of hydrogen-bond donors (Lipinski definition) is 2. The molecule has 0 radical (unpaired) electrons. The van der Waals surface area contributed by atoms with Crippen LogP contribution < -0.4 is 25.1 Å². The average Bonchev–Trinajstić information content (AvgIpc) is 3.33. The largest absolute Gasteiger partial charge is 0.493 e. The molecule has 1 saturated heterocycles. The number of carbonyl (C=O) groups excluding carboxylic acids is 2. The standard InChI is InChI=1S/C23H28N2O6/c1-3-12-30-20-11-8-17(14-21(20)28-2)23(27)25-24-22(26)16-6-9-18(10-7-16)31-15-19-5-4-13-29-19/h6-11,14,19H,3-5,12-13,15H2,1-2H3,(H,24,26)(H,25,27). The lowest BCUT2D eigenvalue weighted by atomic mass is 10.2. The van der Waals surface area contributed by atoms with Crippen molar-refractivity contribution in [2.24, 2.45) is 0 Å². The van der Waals surface area contributed by atoms with Crippen LogP contribution >= 0.6 is 0 Å². The van der Waals surface area contributed by atoms with Gasteiger partial charge in [-0.25, -0.2) is 0 Å². The van der Waals surface area contributed by atoms with Gasteiger partial charge in [0.2, 0.25) is 0 Å². The molecule has 8 heteroatoms. The van der Waals surface area contributed by atoms with Crippen molar-refractivity contribution in [2.45, 2.75) is 32.3 Å². The normalized spacial score (nSPS) is 15.2. The van der Waals surface area contributed by atoms with Gasteiger partial charge in [-0.2, -0.15) is 0 Å². The Kier molecular flexibility index (Phi) is 8.12. The van der Waals surface area contributed by atoms with Crippen molar-refractivity contribution < 1.29 is 28.5 Å². The molecule has 3 rings (SSSR count). The highest BCUT2D eigenvalue weighted by molar-refractivity contribution is 5.99. The quantitative estimate of drug-likeness (QED) is 0.596. The van der Waals surface area contributed by atoms with Crippen LogP contribution in [0.25, 0.3) is 0 Å². The number of hydrazine groups is 1. The molecule has 2 amide bonds. The van der Waals surface area contributed by atoms with Crippen molar-refractivity contribution in [3.8, 4) is 17.2 Å². The molecule has 166 valence electrons. The first kappa shape index (κ1) is 22.4. The van der Waals surface area contributed by atoms with E-state index in [4.69, 9.17) is 18.9 Å². The lowest BCUT2D eigenvalue weighted by molar-refractivity contribution is 0.0679. The van der Waals surface area contributed by atoms with Crippen molar-refractivity contribution in [1.29, 1.82) is 0 Å². The van der Waals surface area contributed by atoms with Gasteiger partial charge in [-0.3, -0.25) is 20.4 Å². The molecule has 1 heterocycles. The summed E-state index contributed by atoms with van der Waals surface area (Å²) >= 11 is 0. The van der Waals surface area contributed by atoms with Gasteiger partial charge in [-0.05, 0) is 61.7 Å². The Bertz CT molecular complexity index is 878. The Hall–Kier alpha value is -3.26. The molecule has 0 aliphatic carbocycles. The summed E-state index contributed by atoms with van der Waals surface area (Å²) in [5.41, 5.74) is 5.54. The third-order valence-corrected chi connectivity index (χ3v) is 4.75. The predicted molar refractivity (Wildman–Crippen MR) is 115 cm³/mol. The van der Waals surface area contributed by atoms with Crippen molar-refractivity contribution >= 4 is 11.8 Å². The Morgan fingerprint density at radius 3 is 2.35 bits per heavy atom. The molecule has 1 aliphatic rings. The summed E-state index contributed by atoms with van der Waals surface area (Å²) in [5, 5.41) is 0. The van der Waals surface area contributed by atoms with Gasteiger partial charge in [0, 0.05) is 17.7 Å². The van der Waals surface area contributed by atoms with Crippen molar-refractivity contribution in [1.82, 2.24) is 10.9 Å². The van der Waals surface area contributed by atoms with E-state index in [0.717, 1.165) is 25.9 Å². The van der Waals surface area contributed by atoms with Gasteiger partial charge in [-0.1, -0.05) is 6.92 Å². The highest BCUT2D eigenvalue weighted by Crippen LogP contribution is 2.28. The molecule has 2 aromatic carbocycles. The van der Waals surface area contributed by atoms with E-state index in [-0.39, 0.29) is 6.10 Å². The van der Waals surface area contributed by atoms with Crippen LogP contribution in [0.4, 0.5) is 0 Å². The summed E-state index contributed by atoms with van der Waals surface area (Å²) in [6.45, 7) is 3.83. The lowest BCUT2D eigenvalue weighted by Crippen LogP contribution is -2.41. The smallest absolute Gasteiger partial charge is 0.269 e. The molecule has 0 saturated carbocycles. The maximum Gasteiger partial charge on any atom is 0.269 e. The van der Waals surface area contributed by atoms with Crippen molar-refractivity contribution in [3.63, 3.8) is 0 Å². The van der Waals surface area contributed by atoms with Crippen LogP contribution in [0.15, 0.2) is 42.5 Å². The summed E-state index contributed by atoms with van der Waals surface area (Å²) in [7, 11) is 1.51. The number of rotatable bonds is 9. The molecular formula is C23H28N2O6. The second kappa shape index (κ2) is 11.2. The third-order valence-electron chi connectivity index (χ3n) is 4.75. The van der Waals surface area contributed by atoms with Gasteiger partial charge in [-0.15, -0.1) is 0 Å². The van der Waals surface area contributed by atoms with Crippen LogP contribution in [-0.4, -0.2) is 44.8 Å². The summed E-state index contributed by atoms with van der Waals surface area (Å²) in [6, 6.07) is 11.5. The molecule has 2 N–H and O–H groups in total. The van der Waals surface area contributed by atoms with Crippen LogP contribution in [-0.2, 0) is 4.74 Å². The molecule has 31 heavy (non-hydrogen) atoms. The second-order valence-corrected chi connectivity index (χ2v) is 7.09. The fraction of sp³-hybridized carbons (Fsp3) is 0.391. The fourth-order valence-electron chi connectivity index (χ4n) is 3.07. The maximum atomic E-state index is 12.4. The monoisotopic (exact) mass is 428 g/mol. The van der Waals surface area contributed by atoms with Gasteiger partial charge in [0.15, 0.2) is 11.5 Å². The van der Waals surface area contributed by atoms with E-state index in [1.165, 1.54) is 7.11 Å². The molecule has 1 atom stereocenters. The zero-order valence-electron chi connectivity index (χ0n) is 17.8. The zero-order chi connectivity index (χ0) is 22.1. The molecule has 1 fully saturated rings. The van der Waals surface area contributed by atoms with E-state index >= 15 is 0 Å². The minimum atomic E-state index is -0.467. The Balaban J connectivity index is 1.50. The van der Waals surface area contributed by atoms with Crippen LogP contribution in [0.1, 0.15) is 46.9 Å². The highest BCUT2D eigenvalue weighted by Gasteiger charge is 2.16. The number of methoxy groups -OCH3 is 1. The minimum absolute atomic E-state index is 0.129. The molecule has 0 bridgehead atoms. The number of ether oxygens (including phenoxy) is 4. The first-order valence-electron chi connectivity index (χ1n) is 10.4. The number of carbonyl (C=O) groups is 2. The highest BCUT2D eigenvalue weighted by atomic mass is 16.5. The van der Waals surface area contributed by atoms with Crippen LogP contribution in [0.5, 0.6) is 17.2 Å². The number of amides is 2. The van der Waals surface area contributed by atoms with E-state index < -0.39 is 11.8 Å². The topological polar surface area (TPSA) is 95.1 Å². The van der Waals surface area contributed by atoms with Gasteiger partial charge >= 0.3 is 0 Å². The van der Waals surface area contributed by atoms with Crippen LogP contribution in [0.2, 0.25) is 0 Å². The van der Waals surface area contributed by atoms with Crippen molar-refractivity contribution in [3.05, 3.63) is 53.6 Å². The summed E-state index contributed by atoms with van der Waals surface area (Å²) in [5.74, 6) is 0.769.